The predicted molar refractivity (Wildman–Crippen MR) is 88.9 cm³/mol. The van der Waals surface area contributed by atoms with Gasteiger partial charge in [0.25, 0.3) is 5.56 Å². The number of ether oxygens (including phenoxy) is 3. The van der Waals surface area contributed by atoms with E-state index in [1.807, 2.05) is 0 Å². The molecule has 26 heavy (non-hydrogen) atoms. The molecule has 1 fully saturated rings. The molecule has 9 nitrogen and oxygen atoms in total. The van der Waals surface area contributed by atoms with Crippen molar-refractivity contribution >= 4 is 0 Å². The molecule has 1 aromatic rings. The Balaban J connectivity index is 2.04. The van der Waals surface area contributed by atoms with Gasteiger partial charge in [-0.2, -0.15) is 0 Å². The fourth-order valence-corrected chi connectivity index (χ4v) is 2.74. The second-order valence-electron chi connectivity index (χ2n) is 5.99. The number of aryl methyl sites for hydroxylation is 1. The number of hydrogen-bond acceptors (Lipinski definition) is 7. The average molecular weight is 375 g/mol. The summed E-state index contributed by atoms with van der Waals surface area (Å²) in [4.78, 5) is 24.9. The fraction of sp³-hybridized carbons (Fsp3) is 0.750. The zero-order valence-electron chi connectivity index (χ0n) is 14.7. The van der Waals surface area contributed by atoms with Gasteiger partial charge in [0.2, 0.25) is 0 Å². The Bertz CT molecular complexity index is 690. The molecule has 148 valence electrons. The third-order valence-electron chi connectivity index (χ3n) is 4.11. The van der Waals surface area contributed by atoms with Gasteiger partial charge in [0, 0.05) is 18.2 Å². The van der Waals surface area contributed by atoms with Gasteiger partial charge in [0.1, 0.15) is 19.0 Å². The highest BCUT2D eigenvalue weighted by Crippen LogP contribution is 2.27. The lowest BCUT2D eigenvalue weighted by Gasteiger charge is -2.17. The Morgan fingerprint density at radius 2 is 1.96 bits per heavy atom. The van der Waals surface area contributed by atoms with Crippen LogP contribution in [-0.2, 0) is 20.8 Å². The van der Waals surface area contributed by atoms with Crippen LogP contribution in [0, 0.1) is 6.92 Å². The van der Waals surface area contributed by atoms with Crippen LogP contribution in [0.5, 0.6) is 0 Å². The molecule has 0 saturated carbocycles. The molecule has 2 heterocycles. The Labute approximate surface area is 149 Å². The topological polar surface area (TPSA) is 112 Å². The summed E-state index contributed by atoms with van der Waals surface area (Å²) < 4.78 is 29.9. The van der Waals surface area contributed by atoms with Crippen molar-refractivity contribution in [2.45, 2.75) is 38.3 Å². The van der Waals surface area contributed by atoms with E-state index in [2.05, 4.69) is 0 Å². The number of aliphatic hydroxyl groups is 2. The predicted octanol–water partition coefficient (Wildman–Crippen LogP) is -1.04. The van der Waals surface area contributed by atoms with Crippen LogP contribution in [-0.4, -0.2) is 71.3 Å². The third kappa shape index (κ3) is 4.98. The number of aliphatic hydroxyl groups excluding tert-OH is 2. The molecule has 1 aromatic heterocycles. The molecule has 1 saturated heterocycles. The molecule has 2 rings (SSSR count). The third-order valence-corrected chi connectivity index (χ3v) is 4.11. The number of rotatable bonds is 10. The van der Waals surface area contributed by atoms with Crippen molar-refractivity contribution in [2.24, 2.45) is 0 Å². The van der Waals surface area contributed by atoms with Gasteiger partial charge in [-0.15, -0.1) is 0 Å². The van der Waals surface area contributed by atoms with Gasteiger partial charge in [-0.3, -0.25) is 13.9 Å². The van der Waals surface area contributed by atoms with E-state index in [1.54, 1.807) is 6.92 Å². The lowest BCUT2D eigenvalue weighted by molar-refractivity contribution is -0.0465. The van der Waals surface area contributed by atoms with E-state index in [-0.39, 0.29) is 46.0 Å². The van der Waals surface area contributed by atoms with Crippen LogP contribution in [0.1, 0.15) is 18.2 Å². The second kappa shape index (κ2) is 9.93. The van der Waals surface area contributed by atoms with Crippen molar-refractivity contribution < 1.29 is 28.8 Å². The van der Waals surface area contributed by atoms with Crippen LogP contribution < -0.4 is 11.2 Å². The van der Waals surface area contributed by atoms with Gasteiger partial charge in [0.05, 0.1) is 45.7 Å². The first-order valence-corrected chi connectivity index (χ1v) is 8.48. The van der Waals surface area contributed by atoms with Crippen molar-refractivity contribution in [2.75, 3.05) is 39.7 Å². The minimum atomic E-state index is -0.884. The molecule has 0 bridgehead atoms. The van der Waals surface area contributed by atoms with Gasteiger partial charge in [0.15, 0.2) is 0 Å². The quantitative estimate of drug-likeness (QED) is 0.503. The summed E-state index contributed by atoms with van der Waals surface area (Å²) in [5.41, 5.74) is -0.657. The number of aromatic nitrogens is 2. The largest absolute Gasteiger partial charge is 0.394 e. The SMILES string of the molecule is Cc1cn(C2CC(O)C(CO)O2)c(=O)n(CCOCCOCC[18F])c1=O. The maximum atomic E-state index is 12.6. The number of halogens is 1. The maximum Gasteiger partial charge on any atom is 0.333 e. The summed E-state index contributed by atoms with van der Waals surface area (Å²) in [6, 6.07) is 0. The minimum Gasteiger partial charge on any atom is -0.394 e. The van der Waals surface area contributed by atoms with Gasteiger partial charge in [-0.05, 0) is 6.92 Å². The molecule has 3 unspecified atom stereocenters. The van der Waals surface area contributed by atoms with E-state index in [0.29, 0.717) is 5.56 Å². The Morgan fingerprint density at radius 1 is 1.27 bits per heavy atom. The summed E-state index contributed by atoms with van der Waals surface area (Å²) in [6.07, 6.45) is -0.865. The Morgan fingerprint density at radius 3 is 2.58 bits per heavy atom. The van der Waals surface area contributed by atoms with Crippen molar-refractivity contribution in [3.05, 3.63) is 32.6 Å². The van der Waals surface area contributed by atoms with E-state index in [0.717, 1.165) is 4.57 Å². The molecule has 3 atom stereocenters. The number of alkyl halides is 1. The highest BCUT2D eigenvalue weighted by atomic mass is 18.2. The molecule has 10 heteroatoms. The summed E-state index contributed by atoms with van der Waals surface area (Å²) in [5.74, 6) is 0. The van der Waals surface area contributed by atoms with E-state index < -0.39 is 36.4 Å². The van der Waals surface area contributed by atoms with Gasteiger partial charge in [-0.25, -0.2) is 9.18 Å². The van der Waals surface area contributed by atoms with Crippen molar-refractivity contribution in [1.82, 2.24) is 9.13 Å². The van der Waals surface area contributed by atoms with Crippen LogP contribution in [0.3, 0.4) is 0 Å². The zero-order valence-corrected chi connectivity index (χ0v) is 14.7. The smallest absolute Gasteiger partial charge is 0.333 e. The average Bonchev–Trinajstić information content (AvgIpc) is 3.00. The van der Waals surface area contributed by atoms with Crippen LogP contribution in [0.25, 0.3) is 0 Å². The van der Waals surface area contributed by atoms with Gasteiger partial charge in [-0.1, -0.05) is 0 Å². The van der Waals surface area contributed by atoms with Crippen LogP contribution >= 0.6 is 0 Å². The lowest BCUT2D eigenvalue weighted by atomic mass is 10.2. The van der Waals surface area contributed by atoms with Crippen LogP contribution in [0.4, 0.5) is 4.39 Å². The van der Waals surface area contributed by atoms with E-state index in [1.165, 1.54) is 10.8 Å². The molecule has 0 spiro atoms. The normalized spacial score (nSPS) is 22.8. The van der Waals surface area contributed by atoms with Gasteiger partial charge >= 0.3 is 5.69 Å². The van der Waals surface area contributed by atoms with E-state index in [9.17, 15) is 19.1 Å². The molecule has 1 aliphatic rings. The Kier molecular flexibility index (Phi) is 7.91. The Hall–Kier alpha value is -1.59. The summed E-state index contributed by atoms with van der Waals surface area (Å²) in [7, 11) is 0. The fourth-order valence-electron chi connectivity index (χ4n) is 2.74. The molecule has 1 aliphatic heterocycles. The number of nitrogens with zero attached hydrogens (tertiary/aromatic N) is 2. The summed E-state index contributed by atoms with van der Waals surface area (Å²) >= 11 is 0. The summed E-state index contributed by atoms with van der Waals surface area (Å²) in [5, 5.41) is 19.0. The standard InChI is InChI=1S/C16H25FN2O7/c1-11-9-19(14-8-12(21)13(10-20)26-14)16(23)18(15(11)22)3-5-25-7-6-24-4-2-17/h9,12-14,20-21H,2-8,10H2,1H3/i17-1. The van der Waals surface area contributed by atoms with Crippen molar-refractivity contribution in [3.8, 4) is 0 Å². The molecular weight excluding hydrogens is 350 g/mol. The monoisotopic (exact) mass is 375 g/mol. The van der Waals surface area contributed by atoms with Crippen molar-refractivity contribution in [3.63, 3.8) is 0 Å². The molecule has 0 radical (unpaired) electrons. The van der Waals surface area contributed by atoms with E-state index >= 15 is 0 Å². The second-order valence-corrected chi connectivity index (χ2v) is 5.99. The first-order valence-electron chi connectivity index (χ1n) is 8.48. The maximum absolute atomic E-state index is 12.6. The van der Waals surface area contributed by atoms with Crippen molar-refractivity contribution in [1.29, 1.82) is 0 Å². The first-order chi connectivity index (χ1) is 12.5. The number of hydrogen-bond donors (Lipinski definition) is 2. The van der Waals surface area contributed by atoms with Crippen LogP contribution in [0.2, 0.25) is 0 Å². The summed E-state index contributed by atoms with van der Waals surface area (Å²) in [6.45, 7) is 1.28. The molecule has 0 aliphatic carbocycles. The first kappa shape index (κ1) is 20.7. The highest BCUT2D eigenvalue weighted by molar-refractivity contribution is 5.04. The molecule has 0 aromatic carbocycles. The molecule has 0 amide bonds. The van der Waals surface area contributed by atoms with Crippen LogP contribution in [0.15, 0.2) is 15.8 Å². The zero-order chi connectivity index (χ0) is 19.1. The van der Waals surface area contributed by atoms with E-state index in [4.69, 9.17) is 19.3 Å². The molecular formula is C16H25FN2O7. The van der Waals surface area contributed by atoms with Gasteiger partial charge < -0.3 is 24.4 Å². The minimum absolute atomic E-state index is 0.00742. The highest BCUT2D eigenvalue weighted by Gasteiger charge is 2.35. The molecule has 2 N–H and O–H groups in total. The lowest BCUT2D eigenvalue weighted by Crippen LogP contribution is -2.43.